The van der Waals surface area contributed by atoms with Crippen LogP contribution in [0.1, 0.15) is 6.92 Å². The zero-order valence-corrected chi connectivity index (χ0v) is 11.2. The summed E-state index contributed by atoms with van der Waals surface area (Å²) in [6, 6.07) is 7.66. The number of hydrogen-bond donors (Lipinski definition) is 1. The van der Waals surface area contributed by atoms with Gasteiger partial charge >= 0.3 is 0 Å². The maximum Gasteiger partial charge on any atom is 0.221 e. The molecule has 1 aromatic carbocycles. The van der Waals surface area contributed by atoms with Crippen LogP contribution >= 0.6 is 15.9 Å². The molecule has 0 bridgehead atoms. The smallest absolute Gasteiger partial charge is 0.221 e. The van der Waals surface area contributed by atoms with Crippen molar-refractivity contribution in [2.75, 3.05) is 5.32 Å². The molecule has 0 saturated carbocycles. The number of carbonyl (C=O) groups is 1. The van der Waals surface area contributed by atoms with E-state index < -0.39 is 0 Å². The number of nitrogens with one attached hydrogen (secondary N) is 1. The van der Waals surface area contributed by atoms with Crippen LogP contribution in [0, 0.1) is 0 Å². The van der Waals surface area contributed by atoms with Crippen molar-refractivity contribution < 1.29 is 4.79 Å². The second-order valence-corrected chi connectivity index (χ2v) is 4.58. The Balaban J connectivity index is 2.43. The highest BCUT2D eigenvalue weighted by molar-refractivity contribution is 9.10. The molecule has 1 N–H and O–H groups in total. The van der Waals surface area contributed by atoms with Crippen LogP contribution in [0.4, 0.5) is 5.69 Å². The molecule has 0 spiro atoms. The molecule has 1 aromatic heterocycles. The van der Waals surface area contributed by atoms with Gasteiger partial charge in [0.2, 0.25) is 5.91 Å². The number of aromatic nitrogens is 2. The fraction of sp³-hybridized carbons (Fsp3) is 0.167. The first-order valence-electron chi connectivity index (χ1n) is 5.13. The number of rotatable bonds is 2. The van der Waals surface area contributed by atoms with E-state index in [9.17, 15) is 4.79 Å². The molecule has 2 aromatic rings. The Morgan fingerprint density at radius 3 is 2.82 bits per heavy atom. The van der Waals surface area contributed by atoms with Crippen LogP contribution in [0.5, 0.6) is 0 Å². The largest absolute Gasteiger partial charge is 0.326 e. The number of benzene rings is 1. The summed E-state index contributed by atoms with van der Waals surface area (Å²) in [6.07, 6.45) is 1.75. The summed E-state index contributed by atoms with van der Waals surface area (Å²) in [5.41, 5.74) is 2.77. The third-order valence-corrected chi connectivity index (χ3v) is 2.93. The first-order chi connectivity index (χ1) is 8.08. The van der Waals surface area contributed by atoms with Crippen molar-refractivity contribution in [3.05, 3.63) is 34.9 Å². The van der Waals surface area contributed by atoms with Gasteiger partial charge in [-0.3, -0.25) is 9.48 Å². The van der Waals surface area contributed by atoms with Crippen molar-refractivity contribution in [3.63, 3.8) is 0 Å². The van der Waals surface area contributed by atoms with Gasteiger partial charge in [-0.25, -0.2) is 0 Å². The fourth-order valence-corrected chi connectivity index (χ4v) is 2.26. The lowest BCUT2D eigenvalue weighted by atomic mass is 10.1. The van der Waals surface area contributed by atoms with Gasteiger partial charge in [0.15, 0.2) is 0 Å². The SMILES string of the molecule is CC(=O)Nc1cccc(-c2c(Br)cnn2C)c1. The molecule has 0 unspecified atom stereocenters. The summed E-state index contributed by atoms with van der Waals surface area (Å²) in [4.78, 5) is 11.0. The lowest BCUT2D eigenvalue weighted by molar-refractivity contribution is -0.114. The van der Waals surface area contributed by atoms with Crippen LogP contribution in [0.2, 0.25) is 0 Å². The first-order valence-corrected chi connectivity index (χ1v) is 5.93. The molecule has 0 aliphatic rings. The zero-order chi connectivity index (χ0) is 12.4. The molecule has 1 amide bonds. The van der Waals surface area contributed by atoms with Gasteiger partial charge < -0.3 is 5.32 Å². The maximum atomic E-state index is 11.0. The highest BCUT2D eigenvalue weighted by atomic mass is 79.9. The van der Waals surface area contributed by atoms with E-state index in [0.717, 1.165) is 21.4 Å². The van der Waals surface area contributed by atoms with E-state index in [1.807, 2.05) is 31.3 Å². The van der Waals surface area contributed by atoms with E-state index in [-0.39, 0.29) is 5.91 Å². The highest BCUT2D eigenvalue weighted by Crippen LogP contribution is 2.28. The van der Waals surface area contributed by atoms with Crippen molar-refractivity contribution in [2.45, 2.75) is 6.92 Å². The quantitative estimate of drug-likeness (QED) is 0.925. The zero-order valence-electron chi connectivity index (χ0n) is 9.57. The van der Waals surface area contributed by atoms with E-state index in [4.69, 9.17) is 0 Å². The third-order valence-electron chi connectivity index (χ3n) is 2.35. The molecule has 0 radical (unpaired) electrons. The van der Waals surface area contributed by atoms with Gasteiger partial charge in [0, 0.05) is 25.2 Å². The van der Waals surface area contributed by atoms with Crippen molar-refractivity contribution in [1.82, 2.24) is 9.78 Å². The van der Waals surface area contributed by atoms with E-state index in [1.165, 1.54) is 6.92 Å². The molecule has 0 aliphatic heterocycles. The van der Waals surface area contributed by atoms with Gasteiger partial charge in [-0.05, 0) is 28.1 Å². The fourth-order valence-electron chi connectivity index (χ4n) is 1.68. The number of anilines is 1. The molecule has 88 valence electrons. The van der Waals surface area contributed by atoms with Crippen molar-refractivity contribution in [3.8, 4) is 11.3 Å². The molecule has 5 heteroatoms. The number of halogens is 1. The van der Waals surface area contributed by atoms with Gasteiger partial charge in [0.05, 0.1) is 16.4 Å². The Kier molecular flexibility index (Phi) is 3.28. The molecule has 17 heavy (non-hydrogen) atoms. The van der Waals surface area contributed by atoms with E-state index >= 15 is 0 Å². The molecule has 4 nitrogen and oxygen atoms in total. The summed E-state index contributed by atoms with van der Waals surface area (Å²) in [6.45, 7) is 1.49. The normalized spacial score (nSPS) is 10.3. The molecule has 2 rings (SSSR count). The topological polar surface area (TPSA) is 46.9 Å². The number of aryl methyl sites for hydroxylation is 1. The first kappa shape index (κ1) is 11.9. The van der Waals surface area contributed by atoms with Crippen molar-refractivity contribution >= 4 is 27.5 Å². The van der Waals surface area contributed by atoms with Crippen LogP contribution in [-0.2, 0) is 11.8 Å². The van der Waals surface area contributed by atoms with Crippen LogP contribution < -0.4 is 5.32 Å². The number of nitrogens with zero attached hydrogens (tertiary/aromatic N) is 2. The second-order valence-electron chi connectivity index (χ2n) is 3.73. The van der Waals surface area contributed by atoms with Gasteiger partial charge in [0.25, 0.3) is 0 Å². The van der Waals surface area contributed by atoms with Crippen LogP contribution in [-0.4, -0.2) is 15.7 Å². The van der Waals surface area contributed by atoms with Gasteiger partial charge in [-0.15, -0.1) is 0 Å². The number of hydrogen-bond acceptors (Lipinski definition) is 2. The van der Waals surface area contributed by atoms with Crippen LogP contribution in [0.3, 0.4) is 0 Å². The number of amides is 1. The average molecular weight is 294 g/mol. The molecule has 0 aliphatic carbocycles. The summed E-state index contributed by atoms with van der Waals surface area (Å²) < 4.78 is 2.72. The minimum Gasteiger partial charge on any atom is -0.326 e. The van der Waals surface area contributed by atoms with E-state index in [2.05, 4.69) is 26.3 Å². The average Bonchev–Trinajstić information content (AvgIpc) is 2.58. The molecule has 0 atom stereocenters. The molecule has 1 heterocycles. The standard InChI is InChI=1S/C12H12BrN3O/c1-8(17)15-10-5-3-4-9(6-10)12-11(13)7-14-16(12)2/h3-7H,1-2H3,(H,15,17). The third kappa shape index (κ3) is 2.55. The minimum atomic E-state index is -0.0776. The monoisotopic (exact) mass is 293 g/mol. The summed E-state index contributed by atoms with van der Waals surface area (Å²) in [5.74, 6) is -0.0776. The lowest BCUT2D eigenvalue weighted by Gasteiger charge is -2.06. The van der Waals surface area contributed by atoms with Crippen LogP contribution in [0.25, 0.3) is 11.3 Å². The second kappa shape index (κ2) is 4.71. The molecule has 0 saturated heterocycles. The predicted octanol–water partition coefficient (Wildman–Crippen LogP) is 2.81. The predicted molar refractivity (Wildman–Crippen MR) is 70.6 cm³/mol. The Bertz CT molecular complexity index is 543. The molecular weight excluding hydrogens is 282 g/mol. The van der Waals surface area contributed by atoms with E-state index in [1.54, 1.807) is 10.9 Å². The van der Waals surface area contributed by atoms with Crippen molar-refractivity contribution in [1.29, 1.82) is 0 Å². The molecule has 0 fully saturated rings. The Morgan fingerprint density at radius 2 is 2.24 bits per heavy atom. The van der Waals surface area contributed by atoms with E-state index in [0.29, 0.717) is 0 Å². The van der Waals surface area contributed by atoms with Gasteiger partial charge in [0.1, 0.15) is 0 Å². The Hall–Kier alpha value is -1.62. The van der Waals surface area contributed by atoms with Crippen molar-refractivity contribution in [2.24, 2.45) is 7.05 Å². The summed E-state index contributed by atoms with van der Waals surface area (Å²) in [7, 11) is 1.88. The minimum absolute atomic E-state index is 0.0776. The van der Waals surface area contributed by atoms with Gasteiger partial charge in [-0.2, -0.15) is 5.10 Å². The maximum absolute atomic E-state index is 11.0. The Labute approximate surface area is 108 Å². The highest BCUT2D eigenvalue weighted by Gasteiger charge is 2.09. The lowest BCUT2D eigenvalue weighted by Crippen LogP contribution is -2.05. The van der Waals surface area contributed by atoms with Gasteiger partial charge in [-0.1, -0.05) is 12.1 Å². The summed E-state index contributed by atoms with van der Waals surface area (Å²) >= 11 is 3.46. The molecular formula is C12H12BrN3O. The summed E-state index contributed by atoms with van der Waals surface area (Å²) in [5, 5.41) is 6.93. The Morgan fingerprint density at radius 1 is 1.47 bits per heavy atom. The van der Waals surface area contributed by atoms with Crippen LogP contribution in [0.15, 0.2) is 34.9 Å². The number of carbonyl (C=O) groups excluding carboxylic acids is 1.